The maximum Gasteiger partial charge on any atom is 0.258 e. The summed E-state index contributed by atoms with van der Waals surface area (Å²) in [6.45, 7) is 5.46. The van der Waals surface area contributed by atoms with E-state index in [4.69, 9.17) is 9.26 Å². The lowest BCUT2D eigenvalue weighted by molar-refractivity contribution is -0.0334. The highest BCUT2D eigenvalue weighted by Crippen LogP contribution is 2.30. The Bertz CT molecular complexity index is 632. The number of benzene rings is 1. The van der Waals surface area contributed by atoms with Crippen LogP contribution < -0.4 is 0 Å². The molecule has 6 nitrogen and oxygen atoms in total. The highest BCUT2D eigenvalue weighted by atomic mass is 79.9. The molecule has 0 bridgehead atoms. The van der Waals surface area contributed by atoms with Crippen LogP contribution in [0.3, 0.4) is 0 Å². The molecule has 112 valence electrons. The summed E-state index contributed by atoms with van der Waals surface area (Å²) in [6, 6.07) is 5.13. The molecule has 0 spiro atoms. The van der Waals surface area contributed by atoms with Gasteiger partial charge in [0.1, 0.15) is 11.9 Å². The molecule has 1 N–H and O–H groups in total. The van der Waals surface area contributed by atoms with Crippen molar-refractivity contribution in [3.8, 4) is 17.2 Å². The average Bonchev–Trinajstić information content (AvgIpc) is 3.00. The zero-order valence-electron chi connectivity index (χ0n) is 11.6. The molecule has 1 aliphatic heterocycles. The molecule has 21 heavy (non-hydrogen) atoms. The molecule has 0 radical (unpaired) electrons. The number of phenolic OH excluding ortho intramolecular Hbond substituents is 1. The second-order valence-corrected chi connectivity index (χ2v) is 5.73. The lowest BCUT2D eigenvalue weighted by atomic mass is 10.2. The fraction of sp³-hybridized carbons (Fsp3) is 0.429. The second-order valence-electron chi connectivity index (χ2n) is 4.88. The Balaban J connectivity index is 1.81. The van der Waals surface area contributed by atoms with Gasteiger partial charge in [-0.3, -0.25) is 4.90 Å². The normalized spacial score (nSPS) is 19.8. The van der Waals surface area contributed by atoms with Crippen molar-refractivity contribution in [1.29, 1.82) is 0 Å². The second kappa shape index (κ2) is 6.13. The van der Waals surface area contributed by atoms with E-state index in [1.165, 1.54) is 0 Å². The van der Waals surface area contributed by atoms with Crippen molar-refractivity contribution in [1.82, 2.24) is 15.0 Å². The Hall–Kier alpha value is -1.44. The molecular formula is C14H16BrN3O3. The molecule has 1 unspecified atom stereocenters. The first kappa shape index (κ1) is 14.5. The lowest BCUT2D eigenvalue weighted by Gasteiger charge is -2.30. The van der Waals surface area contributed by atoms with Gasteiger partial charge in [-0.25, -0.2) is 0 Å². The molecule has 1 aromatic heterocycles. The zero-order valence-corrected chi connectivity index (χ0v) is 13.2. The van der Waals surface area contributed by atoms with Gasteiger partial charge in [0.15, 0.2) is 0 Å². The van der Waals surface area contributed by atoms with Crippen LogP contribution in [-0.4, -0.2) is 46.4 Å². The first-order valence-electron chi connectivity index (χ1n) is 6.84. The Labute approximate surface area is 130 Å². The van der Waals surface area contributed by atoms with Gasteiger partial charge in [-0.2, -0.15) is 4.98 Å². The van der Waals surface area contributed by atoms with Gasteiger partial charge in [0, 0.05) is 18.7 Å². The van der Waals surface area contributed by atoms with Gasteiger partial charge in [0.05, 0.1) is 11.1 Å². The van der Waals surface area contributed by atoms with Crippen LogP contribution in [0.4, 0.5) is 0 Å². The molecule has 3 rings (SSSR count). The van der Waals surface area contributed by atoms with E-state index in [2.05, 4.69) is 37.9 Å². The van der Waals surface area contributed by atoms with Crippen LogP contribution in [0.15, 0.2) is 27.2 Å². The van der Waals surface area contributed by atoms with Gasteiger partial charge in [-0.15, -0.1) is 0 Å². The van der Waals surface area contributed by atoms with Gasteiger partial charge in [0.25, 0.3) is 5.89 Å². The molecule has 0 amide bonds. The van der Waals surface area contributed by atoms with Crippen LogP contribution in [0.1, 0.15) is 18.9 Å². The molecule has 1 aromatic carbocycles. The summed E-state index contributed by atoms with van der Waals surface area (Å²) in [7, 11) is 0. The van der Waals surface area contributed by atoms with Crippen LogP contribution in [0.5, 0.6) is 5.75 Å². The van der Waals surface area contributed by atoms with Crippen molar-refractivity contribution in [2.45, 2.75) is 13.0 Å². The fourth-order valence-corrected chi connectivity index (χ4v) is 2.52. The monoisotopic (exact) mass is 353 g/mol. The van der Waals surface area contributed by atoms with Crippen molar-refractivity contribution < 1.29 is 14.4 Å². The minimum atomic E-state index is -0.166. The number of hydrogen-bond donors (Lipinski definition) is 1. The van der Waals surface area contributed by atoms with E-state index in [9.17, 15) is 5.11 Å². The van der Waals surface area contributed by atoms with Crippen LogP contribution in [0.25, 0.3) is 11.5 Å². The largest absolute Gasteiger partial charge is 0.507 e. The SMILES string of the molecule is CCN1CCOC(c2noc(-c3ccc(Br)c(O)c3)n2)C1. The Morgan fingerprint density at radius 1 is 1.48 bits per heavy atom. The molecule has 2 heterocycles. The summed E-state index contributed by atoms with van der Waals surface area (Å²) in [6.07, 6.45) is -0.166. The Morgan fingerprint density at radius 2 is 2.33 bits per heavy atom. The van der Waals surface area contributed by atoms with Gasteiger partial charge in [0.2, 0.25) is 5.82 Å². The van der Waals surface area contributed by atoms with E-state index in [0.717, 1.165) is 19.6 Å². The summed E-state index contributed by atoms with van der Waals surface area (Å²) >= 11 is 3.24. The van der Waals surface area contributed by atoms with Crippen LogP contribution in [-0.2, 0) is 4.74 Å². The number of nitrogens with zero attached hydrogens (tertiary/aromatic N) is 3. The average molecular weight is 354 g/mol. The van der Waals surface area contributed by atoms with E-state index >= 15 is 0 Å². The van der Waals surface area contributed by atoms with Crippen molar-refractivity contribution >= 4 is 15.9 Å². The minimum Gasteiger partial charge on any atom is -0.507 e. The molecular weight excluding hydrogens is 338 g/mol. The highest BCUT2D eigenvalue weighted by molar-refractivity contribution is 9.10. The zero-order chi connectivity index (χ0) is 14.8. The lowest BCUT2D eigenvalue weighted by Crippen LogP contribution is -2.38. The third kappa shape index (κ3) is 3.09. The van der Waals surface area contributed by atoms with Crippen LogP contribution in [0, 0.1) is 0 Å². The van der Waals surface area contributed by atoms with Gasteiger partial charge in [-0.05, 0) is 40.7 Å². The Morgan fingerprint density at radius 3 is 3.10 bits per heavy atom. The number of morpholine rings is 1. The quantitative estimate of drug-likeness (QED) is 0.914. The van der Waals surface area contributed by atoms with Gasteiger partial charge < -0.3 is 14.4 Å². The van der Waals surface area contributed by atoms with Gasteiger partial charge in [-0.1, -0.05) is 12.1 Å². The molecule has 1 aliphatic rings. The van der Waals surface area contributed by atoms with Crippen molar-refractivity contribution in [2.75, 3.05) is 26.2 Å². The maximum absolute atomic E-state index is 9.72. The predicted octanol–water partition coefficient (Wildman–Crippen LogP) is 2.60. The number of aromatic hydroxyl groups is 1. The van der Waals surface area contributed by atoms with Gasteiger partial charge >= 0.3 is 0 Å². The fourth-order valence-electron chi connectivity index (χ4n) is 2.27. The number of phenols is 1. The standard InChI is InChI=1S/C14H16BrN3O3/c1-2-18-5-6-20-12(8-18)13-16-14(21-17-13)9-3-4-10(15)11(19)7-9/h3-4,7,12,19H,2,5-6,8H2,1H3. The topological polar surface area (TPSA) is 71.6 Å². The molecule has 1 atom stereocenters. The number of rotatable bonds is 3. The highest BCUT2D eigenvalue weighted by Gasteiger charge is 2.25. The summed E-state index contributed by atoms with van der Waals surface area (Å²) < 4.78 is 11.6. The molecule has 1 saturated heterocycles. The Kier molecular flexibility index (Phi) is 4.23. The smallest absolute Gasteiger partial charge is 0.258 e. The predicted molar refractivity (Wildman–Crippen MR) is 79.9 cm³/mol. The van der Waals surface area contributed by atoms with Crippen LogP contribution in [0.2, 0.25) is 0 Å². The molecule has 7 heteroatoms. The summed E-state index contributed by atoms with van der Waals surface area (Å²) in [4.78, 5) is 6.68. The number of aromatic nitrogens is 2. The number of hydrogen-bond acceptors (Lipinski definition) is 6. The van der Waals surface area contributed by atoms with E-state index in [1.54, 1.807) is 18.2 Å². The van der Waals surface area contributed by atoms with Crippen LogP contribution >= 0.6 is 15.9 Å². The van der Waals surface area contributed by atoms with E-state index in [1.807, 2.05) is 0 Å². The molecule has 0 aliphatic carbocycles. The van der Waals surface area contributed by atoms with E-state index in [-0.39, 0.29) is 11.9 Å². The molecule has 2 aromatic rings. The minimum absolute atomic E-state index is 0.137. The van der Waals surface area contributed by atoms with E-state index < -0.39 is 0 Å². The first-order valence-corrected chi connectivity index (χ1v) is 7.63. The molecule has 0 saturated carbocycles. The maximum atomic E-state index is 9.72. The summed E-state index contributed by atoms with van der Waals surface area (Å²) in [5, 5.41) is 13.7. The van der Waals surface area contributed by atoms with Crippen molar-refractivity contribution in [3.05, 3.63) is 28.5 Å². The van der Waals surface area contributed by atoms with Crippen molar-refractivity contribution in [3.63, 3.8) is 0 Å². The van der Waals surface area contributed by atoms with Crippen molar-refractivity contribution in [2.24, 2.45) is 0 Å². The number of ether oxygens (including phenoxy) is 1. The first-order chi connectivity index (χ1) is 10.2. The van der Waals surface area contributed by atoms with E-state index in [0.29, 0.717) is 28.4 Å². The number of halogens is 1. The third-order valence-corrected chi connectivity index (χ3v) is 4.19. The number of likely N-dealkylation sites (N-methyl/N-ethyl adjacent to an activating group) is 1. The molecule has 1 fully saturated rings. The summed E-state index contributed by atoms with van der Waals surface area (Å²) in [5.74, 6) is 1.06. The third-order valence-electron chi connectivity index (χ3n) is 3.52. The summed E-state index contributed by atoms with van der Waals surface area (Å²) in [5.41, 5.74) is 0.678.